The monoisotopic (exact) mass is 259 g/mol. The van der Waals surface area contributed by atoms with Crippen molar-refractivity contribution in [3.05, 3.63) is 41.8 Å². The number of rotatable bonds is 3. The van der Waals surface area contributed by atoms with Crippen LogP contribution in [0.15, 0.2) is 24.3 Å². The first-order chi connectivity index (χ1) is 8.13. The number of hydrogen-bond acceptors (Lipinski definition) is 1. The molecule has 0 spiro atoms. The highest BCUT2D eigenvalue weighted by Crippen LogP contribution is 2.34. The SMILES string of the molecule is CC(C)(C)[CH]C(CO)c1cccc(C(F)(F)F)c1. The zero-order chi connectivity index (χ0) is 14.0. The number of aliphatic hydroxyl groups excluding tert-OH is 1. The lowest BCUT2D eigenvalue weighted by atomic mass is 9.81. The van der Waals surface area contributed by atoms with Crippen LogP contribution in [0.1, 0.15) is 37.8 Å². The zero-order valence-electron chi connectivity index (χ0n) is 10.8. The molecule has 1 aromatic carbocycles. The van der Waals surface area contributed by atoms with Crippen LogP contribution in [-0.4, -0.2) is 11.7 Å². The first-order valence-electron chi connectivity index (χ1n) is 5.77. The van der Waals surface area contributed by atoms with Gasteiger partial charge in [0.2, 0.25) is 0 Å². The van der Waals surface area contributed by atoms with E-state index in [1.807, 2.05) is 27.2 Å². The number of benzene rings is 1. The number of alkyl halides is 3. The van der Waals surface area contributed by atoms with E-state index in [4.69, 9.17) is 0 Å². The van der Waals surface area contributed by atoms with E-state index in [0.717, 1.165) is 12.1 Å². The minimum atomic E-state index is -4.35. The zero-order valence-corrected chi connectivity index (χ0v) is 10.8. The molecular weight excluding hydrogens is 241 g/mol. The maximum atomic E-state index is 12.6. The second-order valence-corrected chi connectivity index (χ2v) is 5.44. The lowest BCUT2D eigenvalue weighted by Crippen LogP contribution is -2.16. The lowest BCUT2D eigenvalue weighted by Gasteiger charge is -2.25. The molecule has 1 rings (SSSR count). The van der Waals surface area contributed by atoms with Crippen molar-refractivity contribution in [2.75, 3.05) is 6.61 Å². The van der Waals surface area contributed by atoms with E-state index in [0.29, 0.717) is 5.56 Å². The van der Waals surface area contributed by atoms with E-state index in [-0.39, 0.29) is 17.9 Å². The third-order valence-electron chi connectivity index (χ3n) is 2.54. The first kappa shape index (κ1) is 15.0. The molecule has 0 amide bonds. The van der Waals surface area contributed by atoms with E-state index in [9.17, 15) is 18.3 Å². The van der Waals surface area contributed by atoms with Crippen LogP contribution in [0.3, 0.4) is 0 Å². The molecule has 1 N–H and O–H groups in total. The van der Waals surface area contributed by atoms with Crippen molar-refractivity contribution in [1.82, 2.24) is 0 Å². The Hall–Kier alpha value is -1.03. The van der Waals surface area contributed by atoms with Crippen LogP contribution in [0.5, 0.6) is 0 Å². The smallest absolute Gasteiger partial charge is 0.396 e. The van der Waals surface area contributed by atoms with Gasteiger partial charge in [0.25, 0.3) is 0 Å². The topological polar surface area (TPSA) is 20.2 Å². The Morgan fingerprint density at radius 3 is 2.28 bits per heavy atom. The van der Waals surface area contributed by atoms with Crippen LogP contribution in [0.25, 0.3) is 0 Å². The first-order valence-corrected chi connectivity index (χ1v) is 5.77. The maximum Gasteiger partial charge on any atom is 0.416 e. The summed E-state index contributed by atoms with van der Waals surface area (Å²) in [5.41, 5.74) is -0.357. The molecule has 0 saturated heterocycles. The van der Waals surface area contributed by atoms with Crippen LogP contribution in [0, 0.1) is 11.8 Å². The Kier molecular flexibility index (Phi) is 4.43. The molecule has 4 heteroatoms. The van der Waals surface area contributed by atoms with Gasteiger partial charge in [0, 0.05) is 5.92 Å². The number of aliphatic hydroxyl groups is 1. The summed E-state index contributed by atoms with van der Waals surface area (Å²) in [5.74, 6) is -0.382. The molecule has 0 aliphatic carbocycles. The molecule has 0 heterocycles. The Bertz CT molecular complexity index is 391. The molecule has 0 fully saturated rings. The summed E-state index contributed by atoms with van der Waals surface area (Å²) in [6.07, 6.45) is -2.49. The third kappa shape index (κ3) is 4.33. The highest BCUT2D eigenvalue weighted by Gasteiger charge is 2.31. The largest absolute Gasteiger partial charge is 0.416 e. The van der Waals surface area contributed by atoms with Gasteiger partial charge in [0.15, 0.2) is 0 Å². The summed E-state index contributed by atoms with van der Waals surface area (Å²) in [6, 6.07) is 5.12. The van der Waals surface area contributed by atoms with Crippen LogP contribution < -0.4 is 0 Å². The molecule has 101 valence electrons. The molecule has 0 aliphatic rings. The summed E-state index contributed by atoms with van der Waals surface area (Å²) < 4.78 is 37.8. The highest BCUT2D eigenvalue weighted by atomic mass is 19.4. The van der Waals surface area contributed by atoms with Gasteiger partial charge in [-0.2, -0.15) is 13.2 Å². The van der Waals surface area contributed by atoms with Gasteiger partial charge >= 0.3 is 6.18 Å². The van der Waals surface area contributed by atoms with Crippen molar-refractivity contribution in [2.24, 2.45) is 5.41 Å². The molecule has 0 saturated carbocycles. The second kappa shape index (κ2) is 5.31. The summed E-state index contributed by atoms with van der Waals surface area (Å²) >= 11 is 0. The Balaban J connectivity index is 3.00. The molecule has 18 heavy (non-hydrogen) atoms. The minimum Gasteiger partial charge on any atom is -0.396 e. The Morgan fingerprint density at radius 1 is 1.22 bits per heavy atom. The molecule has 1 atom stereocenters. The predicted octanol–water partition coefficient (Wildman–Crippen LogP) is 4.03. The van der Waals surface area contributed by atoms with Crippen LogP contribution in [0.2, 0.25) is 0 Å². The van der Waals surface area contributed by atoms with Gasteiger partial charge < -0.3 is 5.11 Å². The Labute approximate surface area is 106 Å². The minimum absolute atomic E-state index is 0.165. The lowest BCUT2D eigenvalue weighted by molar-refractivity contribution is -0.137. The van der Waals surface area contributed by atoms with Gasteiger partial charge in [0.05, 0.1) is 12.2 Å². The van der Waals surface area contributed by atoms with Crippen molar-refractivity contribution in [2.45, 2.75) is 32.9 Å². The molecule has 0 bridgehead atoms. The van der Waals surface area contributed by atoms with Crippen LogP contribution >= 0.6 is 0 Å². The van der Waals surface area contributed by atoms with Gasteiger partial charge in [-0.25, -0.2) is 0 Å². The van der Waals surface area contributed by atoms with Crippen LogP contribution in [0.4, 0.5) is 13.2 Å². The average Bonchev–Trinajstić information content (AvgIpc) is 2.23. The highest BCUT2D eigenvalue weighted by molar-refractivity contribution is 5.30. The summed E-state index contributed by atoms with van der Waals surface area (Å²) in [6.45, 7) is 5.65. The quantitative estimate of drug-likeness (QED) is 0.868. The van der Waals surface area contributed by atoms with Crippen molar-refractivity contribution in [3.8, 4) is 0 Å². The van der Waals surface area contributed by atoms with Crippen LogP contribution in [-0.2, 0) is 6.18 Å². The fourth-order valence-electron chi connectivity index (χ4n) is 1.80. The normalized spacial score (nSPS) is 14.6. The van der Waals surface area contributed by atoms with Gasteiger partial charge in [-0.15, -0.1) is 0 Å². The fourth-order valence-corrected chi connectivity index (χ4v) is 1.80. The second-order valence-electron chi connectivity index (χ2n) is 5.44. The number of hydrogen-bond donors (Lipinski definition) is 1. The summed E-state index contributed by atoms with van der Waals surface area (Å²) in [7, 11) is 0. The van der Waals surface area contributed by atoms with Crippen molar-refractivity contribution >= 4 is 0 Å². The molecule has 1 nitrogen and oxygen atoms in total. The van der Waals surface area contributed by atoms with Gasteiger partial charge in [0.1, 0.15) is 0 Å². The van der Waals surface area contributed by atoms with Crippen molar-refractivity contribution < 1.29 is 18.3 Å². The van der Waals surface area contributed by atoms with Gasteiger partial charge in [-0.3, -0.25) is 0 Å². The van der Waals surface area contributed by atoms with Crippen molar-refractivity contribution in [1.29, 1.82) is 0 Å². The van der Waals surface area contributed by atoms with E-state index >= 15 is 0 Å². The molecule has 1 aromatic rings. The van der Waals surface area contributed by atoms with Gasteiger partial charge in [-0.05, 0) is 23.5 Å². The molecule has 1 unspecified atom stereocenters. The standard InChI is InChI=1S/C14H18F3O/c1-13(2,3)8-11(9-18)10-5-4-6-12(7-10)14(15,16)17/h4-8,11,18H,9H2,1-3H3. The Morgan fingerprint density at radius 2 is 1.83 bits per heavy atom. The van der Waals surface area contributed by atoms with E-state index in [2.05, 4.69) is 0 Å². The summed E-state index contributed by atoms with van der Waals surface area (Å²) in [4.78, 5) is 0. The average molecular weight is 259 g/mol. The number of halogens is 3. The van der Waals surface area contributed by atoms with Crippen molar-refractivity contribution in [3.63, 3.8) is 0 Å². The summed E-state index contributed by atoms with van der Waals surface area (Å²) in [5, 5.41) is 9.32. The maximum absolute atomic E-state index is 12.6. The molecule has 1 radical (unpaired) electrons. The fraction of sp³-hybridized carbons (Fsp3) is 0.500. The molecule has 0 aromatic heterocycles. The predicted molar refractivity (Wildman–Crippen MR) is 65.0 cm³/mol. The van der Waals surface area contributed by atoms with E-state index in [1.54, 1.807) is 6.07 Å². The van der Waals surface area contributed by atoms with E-state index < -0.39 is 11.7 Å². The van der Waals surface area contributed by atoms with Gasteiger partial charge in [-0.1, -0.05) is 39.0 Å². The molecular formula is C14H18F3O. The molecule has 0 aliphatic heterocycles. The third-order valence-corrected chi connectivity index (χ3v) is 2.54. The van der Waals surface area contributed by atoms with E-state index in [1.165, 1.54) is 6.07 Å².